The average molecular weight is 127 g/mol. The highest BCUT2D eigenvalue weighted by molar-refractivity contribution is 5.72. The standard InChI is InChI=1S/C7H15N2/c1-6(2)8-9-7(3,4)5/h1-5H3/q+1. The monoisotopic (exact) mass is 127 g/mol. The Morgan fingerprint density at radius 2 is 1.67 bits per heavy atom. The molecule has 52 valence electrons. The quantitative estimate of drug-likeness (QED) is 0.270. The summed E-state index contributed by atoms with van der Waals surface area (Å²) < 4.78 is 0. The van der Waals surface area contributed by atoms with E-state index in [9.17, 15) is 0 Å². The van der Waals surface area contributed by atoms with Gasteiger partial charge in [0, 0.05) is 18.6 Å². The second kappa shape index (κ2) is 2.79. The fraction of sp³-hybridized carbons (Fsp3) is 0.857. The summed E-state index contributed by atoms with van der Waals surface area (Å²) in [6.45, 7) is 9.96. The summed E-state index contributed by atoms with van der Waals surface area (Å²) >= 11 is 0. The van der Waals surface area contributed by atoms with Crippen molar-refractivity contribution in [3.63, 3.8) is 0 Å². The van der Waals surface area contributed by atoms with Crippen molar-refractivity contribution >= 4 is 5.71 Å². The van der Waals surface area contributed by atoms with Gasteiger partial charge in [-0.15, -0.1) is 0 Å². The highest BCUT2D eigenvalue weighted by Gasteiger charge is 2.12. The van der Waals surface area contributed by atoms with Crippen LogP contribution in [0, 0.1) is 0 Å². The van der Waals surface area contributed by atoms with Gasteiger partial charge in [0.1, 0.15) is 5.54 Å². The Kier molecular flexibility index (Phi) is 2.60. The normalized spacial score (nSPS) is 10.3. The number of rotatable bonds is 0. The zero-order valence-electron chi connectivity index (χ0n) is 6.89. The SMILES string of the molecule is CC(C)=[N+]=NC(C)(C)C. The third-order valence-corrected chi connectivity index (χ3v) is 0.550. The van der Waals surface area contributed by atoms with E-state index in [4.69, 9.17) is 0 Å². The molecule has 0 spiro atoms. The van der Waals surface area contributed by atoms with Crippen LogP contribution in [0.25, 0.3) is 0 Å². The fourth-order valence-corrected chi connectivity index (χ4v) is 0.250. The average Bonchev–Trinajstić information content (AvgIpc) is 1.59. The zero-order chi connectivity index (χ0) is 7.49. The van der Waals surface area contributed by atoms with Gasteiger partial charge in [-0.05, 0) is 20.8 Å². The lowest BCUT2D eigenvalue weighted by Gasteiger charge is -1.98. The van der Waals surface area contributed by atoms with E-state index in [1.807, 2.05) is 34.6 Å². The van der Waals surface area contributed by atoms with Crippen molar-refractivity contribution in [1.82, 2.24) is 0 Å². The molecule has 0 saturated carbocycles. The summed E-state index contributed by atoms with van der Waals surface area (Å²) in [6, 6.07) is 0. The van der Waals surface area contributed by atoms with Gasteiger partial charge >= 0.3 is 5.71 Å². The minimum absolute atomic E-state index is 0.0305. The van der Waals surface area contributed by atoms with Crippen LogP contribution in [0.5, 0.6) is 0 Å². The van der Waals surface area contributed by atoms with E-state index in [1.54, 1.807) is 0 Å². The van der Waals surface area contributed by atoms with Crippen LogP contribution in [0.15, 0.2) is 5.11 Å². The van der Waals surface area contributed by atoms with Crippen molar-refractivity contribution in [2.45, 2.75) is 40.2 Å². The Hall–Kier alpha value is -0.620. The van der Waals surface area contributed by atoms with E-state index in [1.165, 1.54) is 0 Å². The van der Waals surface area contributed by atoms with Gasteiger partial charge in [0.25, 0.3) is 0 Å². The third-order valence-electron chi connectivity index (χ3n) is 0.550. The summed E-state index contributed by atoms with van der Waals surface area (Å²) in [4.78, 5) is 3.94. The van der Waals surface area contributed by atoms with Crippen molar-refractivity contribution < 1.29 is 4.79 Å². The largest absolute Gasteiger partial charge is 0.312 e. The molecule has 0 amide bonds. The highest BCUT2D eigenvalue weighted by Crippen LogP contribution is 2.03. The van der Waals surface area contributed by atoms with Gasteiger partial charge in [-0.1, -0.05) is 0 Å². The zero-order valence-corrected chi connectivity index (χ0v) is 6.89. The molecule has 0 atom stereocenters. The molecule has 0 aromatic heterocycles. The van der Waals surface area contributed by atoms with Gasteiger partial charge in [0.15, 0.2) is 0 Å². The molecular formula is C7H15N2+. The van der Waals surface area contributed by atoms with Crippen LogP contribution in [0.1, 0.15) is 34.6 Å². The molecule has 0 fully saturated rings. The van der Waals surface area contributed by atoms with Crippen LogP contribution in [0.4, 0.5) is 0 Å². The smallest absolute Gasteiger partial charge is 0.0332 e. The van der Waals surface area contributed by atoms with Crippen molar-refractivity contribution in [2.24, 2.45) is 5.11 Å². The molecule has 0 radical (unpaired) electrons. The fourth-order valence-electron chi connectivity index (χ4n) is 0.250. The molecule has 0 aromatic rings. The van der Waals surface area contributed by atoms with Gasteiger partial charge in [-0.25, -0.2) is 0 Å². The van der Waals surface area contributed by atoms with Gasteiger partial charge in [0.05, 0.1) is 5.11 Å². The van der Waals surface area contributed by atoms with Crippen molar-refractivity contribution in [2.75, 3.05) is 0 Å². The minimum Gasteiger partial charge on any atom is -0.0332 e. The predicted molar refractivity (Wildman–Crippen MR) is 38.8 cm³/mol. The lowest BCUT2D eigenvalue weighted by Crippen LogP contribution is -2.09. The molecule has 0 bridgehead atoms. The summed E-state index contributed by atoms with van der Waals surface area (Å²) in [5.74, 6) is 0. The molecule has 0 N–H and O–H groups in total. The number of hydrogen-bond donors (Lipinski definition) is 0. The lowest BCUT2D eigenvalue weighted by molar-refractivity contribution is -0.111. The minimum atomic E-state index is -0.0305. The van der Waals surface area contributed by atoms with Crippen LogP contribution in [-0.4, -0.2) is 16.0 Å². The molecule has 0 aliphatic carbocycles. The summed E-state index contributed by atoms with van der Waals surface area (Å²) in [7, 11) is 0. The van der Waals surface area contributed by atoms with Crippen molar-refractivity contribution in [3.8, 4) is 0 Å². The molecule has 0 heterocycles. The molecule has 0 aliphatic heterocycles. The van der Waals surface area contributed by atoms with Crippen LogP contribution in [0.3, 0.4) is 0 Å². The summed E-state index contributed by atoms with van der Waals surface area (Å²) in [5, 5.41) is 4.04. The molecule has 0 aliphatic rings. The molecular weight excluding hydrogens is 112 g/mol. The topological polar surface area (TPSA) is 26.5 Å². The van der Waals surface area contributed by atoms with Gasteiger partial charge in [-0.3, -0.25) is 0 Å². The second-order valence-corrected chi connectivity index (χ2v) is 3.32. The van der Waals surface area contributed by atoms with Crippen LogP contribution >= 0.6 is 0 Å². The predicted octanol–water partition coefficient (Wildman–Crippen LogP) is 1.93. The first-order chi connectivity index (χ1) is 3.92. The van der Waals surface area contributed by atoms with Crippen molar-refractivity contribution in [3.05, 3.63) is 0 Å². The van der Waals surface area contributed by atoms with E-state index in [0.717, 1.165) is 5.71 Å². The van der Waals surface area contributed by atoms with Gasteiger partial charge in [0.2, 0.25) is 0 Å². The first-order valence-corrected chi connectivity index (χ1v) is 3.15. The third kappa shape index (κ3) is 7.38. The van der Waals surface area contributed by atoms with E-state index < -0.39 is 0 Å². The highest BCUT2D eigenvalue weighted by atomic mass is 15.1. The van der Waals surface area contributed by atoms with Crippen LogP contribution < -0.4 is 0 Å². The Morgan fingerprint density at radius 1 is 1.22 bits per heavy atom. The van der Waals surface area contributed by atoms with Crippen LogP contribution in [0.2, 0.25) is 0 Å². The number of hydrogen-bond acceptors (Lipinski definition) is 1. The van der Waals surface area contributed by atoms with E-state index in [0.29, 0.717) is 0 Å². The second-order valence-electron chi connectivity index (χ2n) is 3.32. The molecule has 9 heavy (non-hydrogen) atoms. The van der Waals surface area contributed by atoms with E-state index in [2.05, 4.69) is 9.90 Å². The molecule has 0 aromatic carbocycles. The Balaban J connectivity index is 4.17. The summed E-state index contributed by atoms with van der Waals surface area (Å²) in [6.07, 6.45) is 0. The van der Waals surface area contributed by atoms with Crippen LogP contribution in [-0.2, 0) is 0 Å². The van der Waals surface area contributed by atoms with E-state index >= 15 is 0 Å². The summed E-state index contributed by atoms with van der Waals surface area (Å²) in [5.41, 5.74) is 0.974. The first-order valence-electron chi connectivity index (χ1n) is 3.15. The van der Waals surface area contributed by atoms with Crippen molar-refractivity contribution in [1.29, 1.82) is 0 Å². The molecule has 2 nitrogen and oxygen atoms in total. The maximum atomic E-state index is 4.04. The maximum absolute atomic E-state index is 4.04. The van der Waals surface area contributed by atoms with Gasteiger partial charge < -0.3 is 0 Å². The maximum Gasteiger partial charge on any atom is 0.312 e. The number of nitrogens with zero attached hydrogens (tertiary/aromatic N) is 2. The molecule has 0 rings (SSSR count). The Bertz CT molecular complexity index is 141. The molecule has 0 unspecified atom stereocenters. The van der Waals surface area contributed by atoms with E-state index in [-0.39, 0.29) is 5.54 Å². The Morgan fingerprint density at radius 3 is 1.78 bits per heavy atom. The lowest BCUT2D eigenvalue weighted by atomic mass is 10.1. The first kappa shape index (κ1) is 8.38. The van der Waals surface area contributed by atoms with Gasteiger partial charge in [-0.2, -0.15) is 0 Å². The Labute approximate surface area is 56.7 Å². The molecule has 2 heteroatoms. The molecule has 0 saturated heterocycles.